The number of pyridine rings is 1. The number of benzene rings is 1. The van der Waals surface area contributed by atoms with E-state index in [0.717, 1.165) is 0 Å². The number of halogens is 4. The Balaban J connectivity index is 1.81. The van der Waals surface area contributed by atoms with Gasteiger partial charge in [0, 0.05) is 25.9 Å². The van der Waals surface area contributed by atoms with Crippen molar-refractivity contribution in [3.8, 4) is 17.4 Å². The van der Waals surface area contributed by atoms with Crippen LogP contribution in [0.25, 0.3) is 0 Å². The van der Waals surface area contributed by atoms with Gasteiger partial charge in [-0.2, -0.15) is 13.2 Å². The number of rotatable bonds is 5. The minimum atomic E-state index is -4.74. The van der Waals surface area contributed by atoms with Gasteiger partial charge in [0.15, 0.2) is 5.82 Å². The number of nitrogens with zero attached hydrogens (tertiary/aromatic N) is 2. The molecule has 160 valence electrons. The first-order chi connectivity index (χ1) is 14.1. The zero-order valence-electron chi connectivity index (χ0n) is 15.7. The number of carbonyl (C=O) groups excluding carboxylic acids is 2. The van der Waals surface area contributed by atoms with Gasteiger partial charge in [0.1, 0.15) is 17.5 Å². The lowest BCUT2D eigenvalue weighted by atomic mass is 10.2. The molecule has 2 heterocycles. The molecule has 1 aliphatic rings. The van der Waals surface area contributed by atoms with Crippen LogP contribution in [0.5, 0.6) is 17.4 Å². The fourth-order valence-electron chi connectivity index (χ4n) is 2.69. The third kappa shape index (κ3) is 4.36. The van der Waals surface area contributed by atoms with E-state index in [1.54, 1.807) is 0 Å². The Morgan fingerprint density at radius 2 is 2.07 bits per heavy atom. The molecule has 0 bridgehead atoms. The van der Waals surface area contributed by atoms with Crippen LogP contribution in [0.4, 0.5) is 28.0 Å². The topological polar surface area (TPSA) is 92.8 Å². The Hall–Kier alpha value is -3.57. The summed E-state index contributed by atoms with van der Waals surface area (Å²) < 4.78 is 62.3. The first-order valence-electron chi connectivity index (χ1n) is 8.50. The van der Waals surface area contributed by atoms with Crippen LogP contribution in [0.1, 0.15) is 5.56 Å². The van der Waals surface area contributed by atoms with E-state index in [1.165, 1.54) is 37.3 Å². The summed E-state index contributed by atoms with van der Waals surface area (Å²) in [5.41, 5.74) is -1.10. The van der Waals surface area contributed by atoms with Crippen molar-refractivity contribution in [3.63, 3.8) is 0 Å². The number of carbonyl (C=O) groups is 2. The van der Waals surface area contributed by atoms with Crippen molar-refractivity contribution in [3.05, 3.63) is 41.8 Å². The number of alkyl halides is 3. The molecule has 1 aromatic carbocycles. The van der Waals surface area contributed by atoms with E-state index in [0.29, 0.717) is 6.20 Å². The molecule has 1 atom stereocenters. The van der Waals surface area contributed by atoms with Crippen molar-refractivity contribution in [1.82, 2.24) is 15.2 Å². The van der Waals surface area contributed by atoms with Gasteiger partial charge in [-0.3, -0.25) is 4.79 Å². The summed E-state index contributed by atoms with van der Waals surface area (Å²) in [6.07, 6.45) is -4.29. The molecule has 1 aromatic heterocycles. The maximum absolute atomic E-state index is 14.0. The van der Waals surface area contributed by atoms with E-state index in [-0.39, 0.29) is 29.8 Å². The minimum Gasteiger partial charge on any atom is -0.495 e. The van der Waals surface area contributed by atoms with Crippen LogP contribution in [0, 0.1) is 5.82 Å². The maximum Gasteiger partial charge on any atom is 0.417 e. The average Bonchev–Trinajstić information content (AvgIpc) is 3.01. The number of urea groups is 1. The van der Waals surface area contributed by atoms with Crippen molar-refractivity contribution >= 4 is 17.6 Å². The van der Waals surface area contributed by atoms with Gasteiger partial charge >= 0.3 is 12.2 Å². The lowest BCUT2D eigenvalue weighted by Crippen LogP contribution is -2.40. The third-order valence-electron chi connectivity index (χ3n) is 4.32. The fraction of sp³-hybridized carbons (Fsp3) is 0.278. The van der Waals surface area contributed by atoms with Crippen molar-refractivity contribution in [2.75, 3.05) is 26.0 Å². The van der Waals surface area contributed by atoms with Gasteiger partial charge in [0.2, 0.25) is 5.91 Å². The molecule has 0 radical (unpaired) electrons. The summed E-state index contributed by atoms with van der Waals surface area (Å²) in [7, 11) is 2.82. The van der Waals surface area contributed by atoms with E-state index < -0.39 is 41.4 Å². The third-order valence-corrected chi connectivity index (χ3v) is 4.32. The second kappa shape index (κ2) is 8.05. The number of aromatic nitrogens is 1. The van der Waals surface area contributed by atoms with Gasteiger partial charge < -0.3 is 25.0 Å². The second-order valence-electron chi connectivity index (χ2n) is 6.27. The highest BCUT2D eigenvalue weighted by Crippen LogP contribution is 2.34. The highest BCUT2D eigenvalue weighted by atomic mass is 19.4. The normalized spacial score (nSPS) is 16.3. The zero-order valence-corrected chi connectivity index (χ0v) is 15.7. The first-order valence-corrected chi connectivity index (χ1v) is 8.50. The van der Waals surface area contributed by atoms with E-state index in [1.807, 2.05) is 0 Å². The molecule has 1 fully saturated rings. The molecule has 8 nitrogen and oxygen atoms in total. The Morgan fingerprint density at radius 1 is 1.33 bits per heavy atom. The molecule has 2 aromatic rings. The summed E-state index contributed by atoms with van der Waals surface area (Å²) in [5, 5.41) is 5.10. The van der Waals surface area contributed by atoms with E-state index in [9.17, 15) is 27.2 Å². The summed E-state index contributed by atoms with van der Waals surface area (Å²) in [6, 6.07) is 3.17. The van der Waals surface area contributed by atoms with Crippen molar-refractivity contribution in [2.24, 2.45) is 0 Å². The van der Waals surface area contributed by atoms with Crippen LogP contribution >= 0.6 is 0 Å². The Labute approximate surface area is 167 Å². The lowest BCUT2D eigenvalue weighted by molar-refractivity contribution is -0.138. The largest absolute Gasteiger partial charge is 0.495 e. The quantitative estimate of drug-likeness (QED) is 0.715. The van der Waals surface area contributed by atoms with Gasteiger partial charge in [0.25, 0.3) is 5.88 Å². The van der Waals surface area contributed by atoms with Crippen LogP contribution in [0.2, 0.25) is 0 Å². The molecule has 3 amide bonds. The maximum atomic E-state index is 14.0. The highest BCUT2D eigenvalue weighted by molar-refractivity contribution is 5.99. The molecule has 0 aliphatic carbocycles. The predicted molar refractivity (Wildman–Crippen MR) is 95.8 cm³/mol. The van der Waals surface area contributed by atoms with Crippen LogP contribution in [-0.4, -0.2) is 48.6 Å². The van der Waals surface area contributed by atoms with Crippen LogP contribution in [-0.2, 0) is 11.0 Å². The number of ether oxygens (including phenoxy) is 2. The number of nitrogens with one attached hydrogen (secondary N) is 2. The summed E-state index contributed by atoms with van der Waals surface area (Å²) in [5.74, 6) is -2.24. The molecular formula is C18H16F4N4O4. The van der Waals surface area contributed by atoms with Gasteiger partial charge in [-0.15, -0.1) is 0 Å². The Morgan fingerprint density at radius 3 is 2.63 bits per heavy atom. The van der Waals surface area contributed by atoms with Crippen LogP contribution < -0.4 is 20.1 Å². The van der Waals surface area contributed by atoms with Crippen LogP contribution in [0.3, 0.4) is 0 Å². The van der Waals surface area contributed by atoms with E-state index in [4.69, 9.17) is 9.47 Å². The van der Waals surface area contributed by atoms with Crippen molar-refractivity contribution in [2.45, 2.75) is 12.2 Å². The number of hydrogen-bond donors (Lipinski definition) is 2. The van der Waals surface area contributed by atoms with E-state index in [2.05, 4.69) is 15.6 Å². The zero-order chi connectivity index (χ0) is 22.1. The molecule has 30 heavy (non-hydrogen) atoms. The molecule has 1 saturated heterocycles. The van der Waals surface area contributed by atoms with Gasteiger partial charge in [-0.1, -0.05) is 0 Å². The number of methoxy groups -OCH3 is 1. The number of amides is 3. The smallest absolute Gasteiger partial charge is 0.417 e. The molecular weight excluding hydrogens is 412 g/mol. The van der Waals surface area contributed by atoms with E-state index >= 15 is 0 Å². The van der Waals surface area contributed by atoms with Gasteiger partial charge in [-0.05, 0) is 18.2 Å². The molecule has 0 spiro atoms. The minimum absolute atomic E-state index is 0.00811. The van der Waals surface area contributed by atoms with Gasteiger partial charge in [0.05, 0.1) is 18.4 Å². The fourth-order valence-corrected chi connectivity index (χ4v) is 2.69. The molecule has 1 aliphatic heterocycles. The molecule has 2 N–H and O–H groups in total. The Kier molecular flexibility index (Phi) is 5.67. The van der Waals surface area contributed by atoms with Crippen molar-refractivity contribution < 1.29 is 36.6 Å². The first kappa shape index (κ1) is 21.1. The number of anilines is 1. The predicted octanol–water partition coefficient (Wildman–Crippen LogP) is 3.00. The summed E-state index contributed by atoms with van der Waals surface area (Å²) >= 11 is 0. The number of hydrogen-bond acceptors (Lipinski definition) is 5. The Bertz CT molecular complexity index is 983. The second-order valence-corrected chi connectivity index (χ2v) is 6.27. The molecule has 0 unspecified atom stereocenters. The molecule has 12 heteroatoms. The van der Waals surface area contributed by atoms with Crippen LogP contribution in [0.15, 0.2) is 30.5 Å². The van der Waals surface area contributed by atoms with Crippen molar-refractivity contribution in [1.29, 1.82) is 0 Å². The highest BCUT2D eigenvalue weighted by Gasteiger charge is 2.34. The SMILES string of the molecule is COc1ccc(Oc2ncc(C(F)(F)F)cc2F)cc1NC(=O)[C@@H]1CNC(=O)N1C. The summed E-state index contributed by atoms with van der Waals surface area (Å²) in [4.78, 5) is 28.6. The standard InChI is InChI=1S/C18H16F4N4O4/c1-26-13(8-24-17(26)28)15(27)25-12-6-10(3-4-14(12)29-2)30-16-11(19)5-9(7-23-16)18(20,21)22/h3-7,13H,8H2,1-2H3,(H,24,28)(H,25,27)/t13-/m0/s1. The molecule has 0 saturated carbocycles. The molecule has 3 rings (SSSR count). The lowest BCUT2D eigenvalue weighted by Gasteiger charge is -2.19. The monoisotopic (exact) mass is 428 g/mol. The number of likely N-dealkylation sites (N-methyl/N-ethyl adjacent to an activating group) is 1. The average molecular weight is 428 g/mol. The van der Waals surface area contributed by atoms with Gasteiger partial charge in [-0.25, -0.2) is 14.2 Å². The summed E-state index contributed by atoms with van der Waals surface area (Å²) in [6.45, 7) is 0.111.